The van der Waals surface area contributed by atoms with E-state index in [0.717, 1.165) is 12.1 Å². The second-order valence-corrected chi connectivity index (χ2v) is 5.38. The van der Waals surface area contributed by atoms with E-state index in [4.69, 9.17) is 9.52 Å². The van der Waals surface area contributed by atoms with Gasteiger partial charge < -0.3 is 9.52 Å². The molecular formula is C17H12F3NO3. The van der Waals surface area contributed by atoms with Crippen molar-refractivity contribution in [3.8, 4) is 11.5 Å². The van der Waals surface area contributed by atoms with E-state index in [0.29, 0.717) is 22.2 Å². The Labute approximate surface area is 134 Å². The van der Waals surface area contributed by atoms with Crippen LogP contribution < -0.4 is 0 Å². The van der Waals surface area contributed by atoms with Crippen LogP contribution in [0.2, 0.25) is 0 Å². The standard InChI is InChI=1S/C17H12F3NO3/c1-9(16(22)23)11-4-7-14-13(8-11)21-15(24-14)10-2-5-12(6-3-10)17(18,19)20/h2-9H,1H3,(H,22,23). The van der Waals surface area contributed by atoms with Crippen LogP contribution in [-0.2, 0) is 11.0 Å². The Kier molecular flexibility index (Phi) is 3.79. The number of carbonyl (C=O) groups is 1. The number of carboxylic acid groups (broad SMARTS) is 1. The van der Waals surface area contributed by atoms with Crippen molar-refractivity contribution in [2.24, 2.45) is 0 Å². The lowest BCUT2D eigenvalue weighted by Gasteiger charge is -2.05. The summed E-state index contributed by atoms with van der Waals surface area (Å²) < 4.78 is 43.3. The van der Waals surface area contributed by atoms with Crippen molar-refractivity contribution < 1.29 is 27.5 Å². The molecule has 7 heteroatoms. The highest BCUT2D eigenvalue weighted by Gasteiger charge is 2.30. The molecule has 24 heavy (non-hydrogen) atoms. The van der Waals surface area contributed by atoms with E-state index in [1.54, 1.807) is 25.1 Å². The van der Waals surface area contributed by atoms with E-state index >= 15 is 0 Å². The van der Waals surface area contributed by atoms with E-state index < -0.39 is 23.6 Å². The first-order valence-corrected chi connectivity index (χ1v) is 7.06. The van der Waals surface area contributed by atoms with Gasteiger partial charge in [0.25, 0.3) is 0 Å². The number of aromatic nitrogens is 1. The molecule has 0 amide bonds. The van der Waals surface area contributed by atoms with Gasteiger partial charge in [-0.2, -0.15) is 13.2 Å². The monoisotopic (exact) mass is 335 g/mol. The Morgan fingerprint density at radius 1 is 1.17 bits per heavy atom. The average Bonchev–Trinajstić information content (AvgIpc) is 2.96. The molecule has 1 aromatic heterocycles. The predicted molar refractivity (Wildman–Crippen MR) is 80.5 cm³/mol. The molecule has 0 aliphatic heterocycles. The molecule has 1 heterocycles. The lowest BCUT2D eigenvalue weighted by atomic mass is 10.0. The molecule has 1 N–H and O–H groups in total. The van der Waals surface area contributed by atoms with Gasteiger partial charge in [-0.25, -0.2) is 4.98 Å². The van der Waals surface area contributed by atoms with Crippen molar-refractivity contribution in [1.82, 2.24) is 4.98 Å². The third-order valence-corrected chi connectivity index (χ3v) is 3.74. The summed E-state index contributed by atoms with van der Waals surface area (Å²) in [6.07, 6.45) is -4.40. The highest BCUT2D eigenvalue weighted by Crippen LogP contribution is 2.32. The Bertz CT molecular complexity index is 898. The molecule has 0 aliphatic carbocycles. The molecular weight excluding hydrogens is 323 g/mol. The average molecular weight is 335 g/mol. The largest absolute Gasteiger partial charge is 0.481 e. The van der Waals surface area contributed by atoms with Crippen LogP contribution in [0.1, 0.15) is 24.0 Å². The zero-order chi connectivity index (χ0) is 17.5. The predicted octanol–water partition coefficient (Wildman–Crippen LogP) is 4.70. The van der Waals surface area contributed by atoms with Crippen LogP contribution in [0, 0.1) is 0 Å². The van der Waals surface area contributed by atoms with Gasteiger partial charge in [0.05, 0.1) is 11.5 Å². The molecule has 1 atom stereocenters. The fourth-order valence-corrected chi connectivity index (χ4v) is 2.28. The summed E-state index contributed by atoms with van der Waals surface area (Å²) in [5.74, 6) is -1.47. The summed E-state index contributed by atoms with van der Waals surface area (Å²) in [4.78, 5) is 15.3. The first-order valence-electron chi connectivity index (χ1n) is 7.06. The maximum absolute atomic E-state index is 12.6. The van der Waals surface area contributed by atoms with Crippen molar-refractivity contribution in [2.45, 2.75) is 19.0 Å². The molecule has 0 fully saturated rings. The number of alkyl halides is 3. The third-order valence-electron chi connectivity index (χ3n) is 3.74. The summed E-state index contributed by atoms with van der Waals surface area (Å²) in [6, 6.07) is 9.33. The lowest BCUT2D eigenvalue weighted by molar-refractivity contribution is -0.138. The van der Waals surface area contributed by atoms with E-state index in [1.165, 1.54) is 12.1 Å². The van der Waals surface area contributed by atoms with Crippen molar-refractivity contribution >= 4 is 17.1 Å². The molecule has 3 rings (SSSR count). The van der Waals surface area contributed by atoms with E-state index in [9.17, 15) is 18.0 Å². The second-order valence-electron chi connectivity index (χ2n) is 5.38. The van der Waals surface area contributed by atoms with Crippen molar-refractivity contribution in [3.63, 3.8) is 0 Å². The summed E-state index contributed by atoms with van der Waals surface area (Å²) in [5.41, 5.74) is 1.12. The molecule has 124 valence electrons. The topological polar surface area (TPSA) is 63.3 Å². The molecule has 2 aromatic carbocycles. The van der Waals surface area contributed by atoms with Gasteiger partial charge >= 0.3 is 12.1 Å². The van der Waals surface area contributed by atoms with Crippen LogP contribution in [0.15, 0.2) is 46.9 Å². The summed E-state index contributed by atoms with van der Waals surface area (Å²) >= 11 is 0. The number of rotatable bonds is 3. The van der Waals surface area contributed by atoms with Crippen LogP contribution >= 0.6 is 0 Å². The van der Waals surface area contributed by atoms with Gasteiger partial charge in [-0.05, 0) is 48.9 Å². The second kappa shape index (κ2) is 5.67. The number of fused-ring (bicyclic) bond motifs is 1. The Hall–Kier alpha value is -2.83. The van der Waals surface area contributed by atoms with Gasteiger partial charge in [-0.15, -0.1) is 0 Å². The molecule has 0 saturated carbocycles. The summed E-state index contributed by atoms with van der Waals surface area (Å²) in [7, 11) is 0. The first-order chi connectivity index (χ1) is 11.3. The first kappa shape index (κ1) is 16.0. The number of nitrogens with zero attached hydrogens (tertiary/aromatic N) is 1. The zero-order valence-corrected chi connectivity index (χ0v) is 12.5. The minimum Gasteiger partial charge on any atom is -0.481 e. The fraction of sp³-hybridized carbons (Fsp3) is 0.176. The van der Waals surface area contributed by atoms with Crippen molar-refractivity contribution in [1.29, 1.82) is 0 Å². The molecule has 3 aromatic rings. The molecule has 0 radical (unpaired) electrons. The van der Waals surface area contributed by atoms with Crippen LogP contribution in [-0.4, -0.2) is 16.1 Å². The number of carboxylic acids is 1. The molecule has 0 bridgehead atoms. The van der Waals surface area contributed by atoms with Crippen LogP contribution in [0.3, 0.4) is 0 Å². The quantitative estimate of drug-likeness (QED) is 0.753. The Morgan fingerprint density at radius 2 is 1.83 bits per heavy atom. The summed E-state index contributed by atoms with van der Waals surface area (Å²) in [5, 5.41) is 9.05. The van der Waals surface area contributed by atoms with E-state index in [1.807, 2.05) is 0 Å². The third kappa shape index (κ3) is 2.97. The molecule has 4 nitrogen and oxygen atoms in total. The fourth-order valence-electron chi connectivity index (χ4n) is 2.28. The number of benzene rings is 2. The maximum Gasteiger partial charge on any atom is 0.416 e. The number of halogens is 3. The SMILES string of the molecule is CC(C(=O)O)c1ccc2oc(-c3ccc(C(F)(F)F)cc3)nc2c1. The number of hydrogen-bond acceptors (Lipinski definition) is 3. The summed E-state index contributed by atoms with van der Waals surface area (Å²) in [6.45, 7) is 1.56. The minimum absolute atomic E-state index is 0.179. The Morgan fingerprint density at radius 3 is 2.42 bits per heavy atom. The minimum atomic E-state index is -4.40. The van der Waals surface area contributed by atoms with E-state index in [2.05, 4.69) is 4.98 Å². The van der Waals surface area contributed by atoms with Gasteiger partial charge in [0, 0.05) is 5.56 Å². The van der Waals surface area contributed by atoms with Crippen molar-refractivity contribution in [3.05, 3.63) is 53.6 Å². The van der Waals surface area contributed by atoms with Crippen molar-refractivity contribution in [2.75, 3.05) is 0 Å². The smallest absolute Gasteiger partial charge is 0.416 e. The highest BCUT2D eigenvalue weighted by molar-refractivity contribution is 5.81. The van der Waals surface area contributed by atoms with Gasteiger partial charge in [-0.1, -0.05) is 6.07 Å². The lowest BCUT2D eigenvalue weighted by Crippen LogP contribution is -2.06. The number of oxazole rings is 1. The van der Waals surface area contributed by atoms with Crippen LogP contribution in [0.5, 0.6) is 0 Å². The maximum atomic E-state index is 12.6. The van der Waals surface area contributed by atoms with Gasteiger partial charge in [0.1, 0.15) is 5.52 Å². The zero-order valence-electron chi connectivity index (χ0n) is 12.5. The molecule has 1 unspecified atom stereocenters. The van der Waals surface area contributed by atoms with Crippen LogP contribution in [0.25, 0.3) is 22.6 Å². The number of hydrogen-bond donors (Lipinski definition) is 1. The molecule has 0 saturated heterocycles. The van der Waals surface area contributed by atoms with Gasteiger partial charge in [0.15, 0.2) is 5.58 Å². The van der Waals surface area contributed by atoms with Crippen LogP contribution in [0.4, 0.5) is 13.2 Å². The Balaban J connectivity index is 1.97. The van der Waals surface area contributed by atoms with E-state index in [-0.39, 0.29) is 5.89 Å². The van der Waals surface area contributed by atoms with Gasteiger partial charge in [0.2, 0.25) is 5.89 Å². The number of aliphatic carboxylic acids is 1. The highest BCUT2D eigenvalue weighted by atomic mass is 19.4. The molecule has 0 aliphatic rings. The van der Waals surface area contributed by atoms with Gasteiger partial charge in [-0.3, -0.25) is 4.79 Å². The normalized spacial score (nSPS) is 13.2. The molecule has 0 spiro atoms.